The highest BCUT2D eigenvalue weighted by molar-refractivity contribution is 7.92. The van der Waals surface area contributed by atoms with E-state index in [1.54, 1.807) is 0 Å². The van der Waals surface area contributed by atoms with Gasteiger partial charge in [-0.05, 0) is 24.6 Å². The van der Waals surface area contributed by atoms with Gasteiger partial charge in [-0.3, -0.25) is 25.0 Å². The molecule has 2 aromatic carbocycles. The van der Waals surface area contributed by atoms with E-state index >= 15 is 0 Å². The first-order chi connectivity index (χ1) is 12.3. The molecule has 0 radical (unpaired) electrons. The van der Waals surface area contributed by atoms with Crippen LogP contribution in [0.1, 0.15) is 13.3 Å². The van der Waals surface area contributed by atoms with Crippen molar-refractivity contribution in [1.29, 1.82) is 0 Å². The number of hydrogen-bond donors (Lipinski definition) is 1. The molecule has 138 valence electrons. The lowest BCUT2D eigenvalue weighted by Crippen LogP contribution is -2.15. The van der Waals surface area contributed by atoms with Crippen LogP contribution in [0.4, 0.5) is 17.1 Å². The highest BCUT2D eigenvalue weighted by atomic mass is 32.2. The van der Waals surface area contributed by atoms with Gasteiger partial charge in [0.15, 0.2) is 4.90 Å². The van der Waals surface area contributed by atoms with Crippen molar-refractivity contribution in [2.45, 2.75) is 18.2 Å². The highest BCUT2D eigenvalue weighted by Gasteiger charge is 2.28. The first-order valence-corrected chi connectivity index (χ1v) is 8.92. The van der Waals surface area contributed by atoms with Gasteiger partial charge in [0.2, 0.25) is 0 Å². The van der Waals surface area contributed by atoms with Crippen molar-refractivity contribution < 1.29 is 23.0 Å². The van der Waals surface area contributed by atoms with Gasteiger partial charge in [-0.15, -0.1) is 0 Å². The molecule has 0 saturated heterocycles. The Kier molecular flexibility index (Phi) is 5.72. The lowest BCUT2D eigenvalue weighted by molar-refractivity contribution is -0.387. The summed E-state index contributed by atoms with van der Waals surface area (Å²) in [5, 5.41) is 22.3. The molecule has 0 aromatic heterocycles. The minimum atomic E-state index is -4.41. The Labute approximate surface area is 148 Å². The minimum absolute atomic E-state index is 0.215. The van der Waals surface area contributed by atoms with Gasteiger partial charge in [0.05, 0.1) is 22.5 Å². The maximum Gasteiger partial charge on any atom is 0.297 e. The molecule has 2 aromatic rings. The second kappa shape index (κ2) is 7.78. The SMILES string of the molecule is CCCOc1ccc(NS(=O)(=O)c2ccccc2[N+](=O)[O-])c([N+](=O)[O-])c1. The van der Waals surface area contributed by atoms with Gasteiger partial charge in [0.25, 0.3) is 21.4 Å². The Morgan fingerprint density at radius 1 is 1.04 bits per heavy atom. The molecule has 0 heterocycles. The summed E-state index contributed by atoms with van der Waals surface area (Å²) in [6, 6.07) is 8.36. The van der Waals surface area contributed by atoms with Crippen molar-refractivity contribution in [3.63, 3.8) is 0 Å². The van der Waals surface area contributed by atoms with Crippen LogP contribution >= 0.6 is 0 Å². The van der Waals surface area contributed by atoms with Crippen molar-refractivity contribution in [3.8, 4) is 5.75 Å². The number of hydrogen-bond acceptors (Lipinski definition) is 7. The molecule has 10 nitrogen and oxygen atoms in total. The number of nitrogens with zero attached hydrogens (tertiary/aromatic N) is 2. The van der Waals surface area contributed by atoms with Crippen LogP contribution in [0.15, 0.2) is 47.4 Å². The second-order valence-electron chi connectivity index (χ2n) is 5.11. The van der Waals surface area contributed by atoms with Crippen LogP contribution < -0.4 is 9.46 Å². The average Bonchev–Trinajstić information content (AvgIpc) is 2.60. The topological polar surface area (TPSA) is 142 Å². The van der Waals surface area contributed by atoms with Crippen molar-refractivity contribution >= 4 is 27.1 Å². The molecule has 26 heavy (non-hydrogen) atoms. The maximum atomic E-state index is 12.5. The van der Waals surface area contributed by atoms with Gasteiger partial charge in [-0.2, -0.15) is 0 Å². The molecular formula is C15H15N3O7S. The number of ether oxygens (including phenoxy) is 1. The number of nitro groups is 2. The number of benzene rings is 2. The molecule has 0 fully saturated rings. The van der Waals surface area contributed by atoms with Gasteiger partial charge in [-0.25, -0.2) is 8.42 Å². The van der Waals surface area contributed by atoms with Crippen molar-refractivity contribution in [2.75, 3.05) is 11.3 Å². The Morgan fingerprint density at radius 3 is 2.31 bits per heavy atom. The van der Waals surface area contributed by atoms with Gasteiger partial charge in [0.1, 0.15) is 11.4 Å². The fourth-order valence-corrected chi connectivity index (χ4v) is 3.34. The monoisotopic (exact) mass is 381 g/mol. The van der Waals surface area contributed by atoms with Crippen LogP contribution in [0.5, 0.6) is 5.75 Å². The zero-order valence-corrected chi connectivity index (χ0v) is 14.4. The quantitative estimate of drug-likeness (QED) is 0.547. The fourth-order valence-electron chi connectivity index (χ4n) is 2.09. The first kappa shape index (κ1) is 19.1. The average molecular weight is 381 g/mol. The Bertz CT molecular complexity index is 944. The summed E-state index contributed by atoms with van der Waals surface area (Å²) in [5.74, 6) is 0.215. The summed E-state index contributed by atoms with van der Waals surface area (Å²) in [5.41, 5.74) is -1.48. The van der Waals surface area contributed by atoms with Crippen LogP contribution in [0.2, 0.25) is 0 Å². The largest absolute Gasteiger partial charge is 0.493 e. The van der Waals surface area contributed by atoms with Crippen molar-refractivity contribution in [2.24, 2.45) is 0 Å². The third-order valence-electron chi connectivity index (χ3n) is 3.23. The molecule has 0 saturated carbocycles. The maximum absolute atomic E-state index is 12.5. The molecule has 11 heteroatoms. The van der Waals surface area contributed by atoms with E-state index in [4.69, 9.17) is 4.74 Å². The smallest absolute Gasteiger partial charge is 0.297 e. The highest BCUT2D eigenvalue weighted by Crippen LogP contribution is 2.32. The van der Waals surface area contributed by atoms with Gasteiger partial charge >= 0.3 is 0 Å². The summed E-state index contributed by atoms with van der Waals surface area (Å²) >= 11 is 0. The van der Waals surface area contributed by atoms with E-state index in [1.165, 1.54) is 24.3 Å². The van der Waals surface area contributed by atoms with Crippen LogP contribution in [-0.2, 0) is 10.0 Å². The molecule has 0 amide bonds. The Balaban J connectivity index is 2.44. The Hall–Kier alpha value is -3.21. The number of rotatable bonds is 8. The van der Waals surface area contributed by atoms with E-state index < -0.39 is 36.1 Å². The van der Waals surface area contributed by atoms with E-state index in [2.05, 4.69) is 0 Å². The first-order valence-electron chi connectivity index (χ1n) is 7.43. The molecule has 0 atom stereocenters. The van der Waals surface area contributed by atoms with E-state index in [0.29, 0.717) is 13.0 Å². The zero-order chi connectivity index (χ0) is 19.3. The normalized spacial score (nSPS) is 11.0. The van der Waals surface area contributed by atoms with Crippen LogP contribution in [0.25, 0.3) is 0 Å². The van der Waals surface area contributed by atoms with Gasteiger partial charge < -0.3 is 4.74 Å². The van der Waals surface area contributed by atoms with Crippen molar-refractivity contribution in [1.82, 2.24) is 0 Å². The van der Waals surface area contributed by atoms with E-state index in [9.17, 15) is 28.6 Å². The van der Waals surface area contributed by atoms with Crippen LogP contribution in [0.3, 0.4) is 0 Å². The lowest BCUT2D eigenvalue weighted by atomic mass is 10.2. The molecular weight excluding hydrogens is 366 g/mol. The number of anilines is 1. The van der Waals surface area contributed by atoms with Crippen molar-refractivity contribution in [3.05, 3.63) is 62.7 Å². The van der Waals surface area contributed by atoms with Crippen LogP contribution in [-0.4, -0.2) is 24.9 Å². The summed E-state index contributed by atoms with van der Waals surface area (Å²) in [7, 11) is -4.41. The molecule has 0 aliphatic rings. The van der Waals surface area contributed by atoms with Crippen LogP contribution in [0, 0.1) is 20.2 Å². The third-order valence-corrected chi connectivity index (χ3v) is 4.65. The standard InChI is InChI=1S/C15H15N3O7S/c1-2-9-25-11-7-8-12(14(10-11)18(21)22)16-26(23,24)15-6-4-3-5-13(15)17(19)20/h3-8,10,16H,2,9H2,1H3. The summed E-state index contributed by atoms with van der Waals surface area (Å²) in [4.78, 5) is 20.1. The van der Waals surface area contributed by atoms with E-state index in [1.807, 2.05) is 11.6 Å². The third kappa shape index (κ3) is 4.25. The van der Waals surface area contributed by atoms with Gasteiger partial charge in [-0.1, -0.05) is 19.1 Å². The number of sulfonamides is 1. The van der Waals surface area contributed by atoms with Gasteiger partial charge in [0, 0.05) is 6.07 Å². The summed E-state index contributed by atoms with van der Waals surface area (Å²) in [6.07, 6.45) is 0.694. The molecule has 0 bridgehead atoms. The summed E-state index contributed by atoms with van der Waals surface area (Å²) < 4.78 is 32.3. The molecule has 0 aliphatic carbocycles. The molecule has 1 N–H and O–H groups in total. The molecule has 2 rings (SSSR count). The second-order valence-corrected chi connectivity index (χ2v) is 6.77. The zero-order valence-electron chi connectivity index (χ0n) is 13.6. The summed E-state index contributed by atoms with van der Waals surface area (Å²) in [6.45, 7) is 2.21. The fraction of sp³-hybridized carbons (Fsp3) is 0.200. The number of para-hydroxylation sites is 1. The predicted octanol–water partition coefficient (Wildman–Crippen LogP) is 3.09. The predicted molar refractivity (Wildman–Crippen MR) is 92.8 cm³/mol. The lowest BCUT2D eigenvalue weighted by Gasteiger charge is -2.10. The number of nitro benzene ring substituents is 2. The molecule has 0 unspecified atom stereocenters. The Morgan fingerprint density at radius 2 is 1.69 bits per heavy atom. The minimum Gasteiger partial charge on any atom is -0.493 e. The molecule has 0 aliphatic heterocycles. The number of nitrogens with one attached hydrogen (secondary N) is 1. The van der Waals surface area contributed by atoms with E-state index in [0.717, 1.165) is 18.2 Å². The molecule has 0 spiro atoms. The van der Waals surface area contributed by atoms with E-state index in [-0.39, 0.29) is 11.4 Å².